The number of rotatable bonds is 6. The van der Waals surface area contributed by atoms with E-state index in [-0.39, 0.29) is 5.41 Å². The van der Waals surface area contributed by atoms with E-state index in [0.717, 1.165) is 56.6 Å². The number of hydrogen-bond acceptors (Lipinski definition) is 2. The zero-order chi connectivity index (χ0) is 45.9. The third kappa shape index (κ3) is 5.86. The van der Waals surface area contributed by atoms with Crippen LogP contribution in [-0.2, 0) is 5.41 Å². The highest BCUT2D eigenvalue weighted by atomic mass is 14.9. The highest BCUT2D eigenvalue weighted by Gasteiger charge is 2.62. The second-order valence-corrected chi connectivity index (χ2v) is 20.8. The van der Waals surface area contributed by atoms with Crippen LogP contribution in [0.15, 0.2) is 218 Å². The zero-order valence-electron chi connectivity index (χ0n) is 39.0. The minimum absolute atomic E-state index is 0.0548. The number of hydrogen-bond donors (Lipinski definition) is 0. The maximum absolute atomic E-state index is 5.46. The van der Waals surface area contributed by atoms with Crippen LogP contribution in [0.2, 0.25) is 0 Å². The zero-order valence-corrected chi connectivity index (χ0v) is 39.0. The number of fused-ring (bicyclic) bond motifs is 6. The number of benzene rings is 10. The normalized spacial score (nSPS) is 20.6. The summed E-state index contributed by atoms with van der Waals surface area (Å²) in [6.45, 7) is 0. The summed E-state index contributed by atoms with van der Waals surface area (Å²) in [5.41, 5.74) is 18.5. The highest BCUT2D eigenvalue weighted by Crippen LogP contribution is 2.70. The first-order valence-electron chi connectivity index (χ1n) is 25.5. The van der Waals surface area contributed by atoms with Crippen LogP contribution in [0.1, 0.15) is 43.2 Å². The van der Waals surface area contributed by atoms with Crippen molar-refractivity contribution in [1.82, 2.24) is 9.97 Å². The molecule has 0 saturated heterocycles. The summed E-state index contributed by atoms with van der Waals surface area (Å²) in [5.74, 6) is 3.85. The Bertz CT molecular complexity index is 3820. The first kappa shape index (κ1) is 40.0. The molecule has 10 aromatic carbocycles. The maximum Gasteiger partial charge on any atom is 0.160 e. The second-order valence-electron chi connectivity index (χ2n) is 20.8. The predicted molar refractivity (Wildman–Crippen MR) is 290 cm³/mol. The molecule has 16 rings (SSSR count). The van der Waals surface area contributed by atoms with E-state index in [4.69, 9.17) is 9.97 Å². The lowest BCUT2D eigenvalue weighted by Gasteiger charge is -2.61. The third-order valence-electron chi connectivity index (χ3n) is 17.3. The topological polar surface area (TPSA) is 25.8 Å². The van der Waals surface area contributed by atoms with Gasteiger partial charge in [-0.25, -0.2) is 9.97 Å². The Hall–Kier alpha value is -7.94. The smallest absolute Gasteiger partial charge is 0.160 e. The van der Waals surface area contributed by atoms with E-state index in [2.05, 4.69) is 218 Å². The van der Waals surface area contributed by atoms with Gasteiger partial charge in [0.05, 0.1) is 11.4 Å². The van der Waals surface area contributed by atoms with E-state index >= 15 is 0 Å². The molecule has 2 nitrogen and oxygen atoms in total. The fourth-order valence-electron chi connectivity index (χ4n) is 14.8. The first-order chi connectivity index (χ1) is 34.7. The van der Waals surface area contributed by atoms with Gasteiger partial charge in [0.15, 0.2) is 5.82 Å². The molecule has 332 valence electrons. The molecule has 2 heteroatoms. The van der Waals surface area contributed by atoms with Gasteiger partial charge in [-0.3, -0.25) is 0 Å². The van der Waals surface area contributed by atoms with Crippen molar-refractivity contribution >= 4 is 32.3 Å². The Kier molecular flexibility index (Phi) is 8.88. The third-order valence-corrected chi connectivity index (χ3v) is 17.3. The Labute approximate surface area is 409 Å². The summed E-state index contributed by atoms with van der Waals surface area (Å²) in [7, 11) is 0. The largest absolute Gasteiger partial charge is 0.228 e. The second kappa shape index (κ2) is 15.5. The Balaban J connectivity index is 0.976. The van der Waals surface area contributed by atoms with Gasteiger partial charge in [0.25, 0.3) is 0 Å². The molecule has 5 aliphatic rings. The highest BCUT2D eigenvalue weighted by molar-refractivity contribution is 6.24. The van der Waals surface area contributed by atoms with Gasteiger partial charge in [0.2, 0.25) is 0 Å². The fraction of sp³-hybridized carbons (Fsp3) is 0.147. The minimum atomic E-state index is 0.0548. The van der Waals surface area contributed by atoms with E-state index in [9.17, 15) is 0 Å². The van der Waals surface area contributed by atoms with Crippen molar-refractivity contribution in [3.05, 3.63) is 230 Å². The van der Waals surface area contributed by atoms with Crippen LogP contribution >= 0.6 is 0 Å². The van der Waals surface area contributed by atoms with Crippen LogP contribution in [0, 0.1) is 23.7 Å². The van der Waals surface area contributed by atoms with E-state index in [1.54, 1.807) is 11.1 Å². The van der Waals surface area contributed by atoms with Crippen molar-refractivity contribution in [3.63, 3.8) is 0 Å². The van der Waals surface area contributed by atoms with Crippen LogP contribution < -0.4 is 0 Å². The summed E-state index contributed by atoms with van der Waals surface area (Å²) in [4.78, 5) is 10.8. The van der Waals surface area contributed by atoms with Crippen molar-refractivity contribution in [2.24, 2.45) is 23.7 Å². The minimum Gasteiger partial charge on any atom is -0.228 e. The molecule has 5 aliphatic carbocycles. The molecule has 1 spiro atoms. The van der Waals surface area contributed by atoms with Crippen molar-refractivity contribution in [3.8, 4) is 78.4 Å². The molecule has 0 atom stereocenters. The van der Waals surface area contributed by atoms with Gasteiger partial charge in [-0.1, -0.05) is 200 Å². The molecular weight excluding hydrogens is 845 g/mol. The molecule has 0 amide bonds. The van der Waals surface area contributed by atoms with Crippen molar-refractivity contribution in [1.29, 1.82) is 0 Å². The van der Waals surface area contributed by atoms with Crippen LogP contribution in [0.5, 0.6) is 0 Å². The van der Waals surface area contributed by atoms with Gasteiger partial charge in [-0.15, -0.1) is 0 Å². The molecule has 70 heavy (non-hydrogen) atoms. The molecule has 1 heterocycles. The quantitative estimate of drug-likeness (QED) is 0.155. The van der Waals surface area contributed by atoms with Crippen molar-refractivity contribution in [2.45, 2.75) is 37.5 Å². The van der Waals surface area contributed by atoms with E-state index in [0.29, 0.717) is 17.7 Å². The molecule has 0 unspecified atom stereocenters. The Morgan fingerprint density at radius 2 is 0.771 bits per heavy atom. The summed E-state index contributed by atoms with van der Waals surface area (Å²) >= 11 is 0. The molecular formula is C68H50N2. The lowest BCUT2D eigenvalue weighted by molar-refractivity contribution is -0.0398. The van der Waals surface area contributed by atoms with Gasteiger partial charge in [-0.2, -0.15) is 0 Å². The molecule has 0 aliphatic heterocycles. The predicted octanol–water partition coefficient (Wildman–Crippen LogP) is 17.7. The maximum atomic E-state index is 5.46. The van der Waals surface area contributed by atoms with E-state index in [1.165, 1.54) is 92.2 Å². The van der Waals surface area contributed by atoms with Crippen molar-refractivity contribution in [2.75, 3.05) is 0 Å². The Morgan fingerprint density at radius 1 is 0.314 bits per heavy atom. The molecule has 0 N–H and O–H groups in total. The van der Waals surface area contributed by atoms with E-state index in [1.807, 2.05) is 0 Å². The molecule has 4 bridgehead atoms. The number of aromatic nitrogens is 2. The van der Waals surface area contributed by atoms with E-state index < -0.39 is 0 Å². The lowest BCUT2D eigenvalue weighted by atomic mass is 9.43. The van der Waals surface area contributed by atoms with Gasteiger partial charge < -0.3 is 0 Å². The van der Waals surface area contributed by atoms with Crippen molar-refractivity contribution < 1.29 is 0 Å². The summed E-state index contributed by atoms with van der Waals surface area (Å²) in [6.07, 6.45) is 6.90. The van der Waals surface area contributed by atoms with Gasteiger partial charge >= 0.3 is 0 Å². The molecule has 0 radical (unpaired) electrons. The van der Waals surface area contributed by atoms with Crippen LogP contribution in [0.25, 0.3) is 111 Å². The van der Waals surface area contributed by atoms with Crippen LogP contribution in [0.4, 0.5) is 0 Å². The fourth-order valence-corrected chi connectivity index (χ4v) is 14.8. The SMILES string of the molecule is c1ccc(-c2nc(-c3ccccc3-c3ccccc3)cc(-c3ccccc3-c3c4ccccc4c(-c4cccc5c4-c4cc6ccccc6cc4C54C5CC6CC(C5)CC4C6)c4ccccc34)n2)cc1. The molecule has 4 saturated carbocycles. The van der Waals surface area contributed by atoms with Gasteiger partial charge in [-0.05, 0) is 162 Å². The molecule has 1 aromatic heterocycles. The monoisotopic (exact) mass is 894 g/mol. The van der Waals surface area contributed by atoms with Crippen LogP contribution in [0.3, 0.4) is 0 Å². The average Bonchev–Trinajstić information content (AvgIpc) is 3.71. The average molecular weight is 895 g/mol. The Morgan fingerprint density at radius 3 is 1.37 bits per heavy atom. The summed E-state index contributed by atoms with van der Waals surface area (Å²) in [5, 5.41) is 7.74. The summed E-state index contributed by atoms with van der Waals surface area (Å²) < 4.78 is 0. The summed E-state index contributed by atoms with van der Waals surface area (Å²) in [6, 6.07) is 81.0. The van der Waals surface area contributed by atoms with Crippen LogP contribution in [-0.4, -0.2) is 9.97 Å². The van der Waals surface area contributed by atoms with Gasteiger partial charge in [0, 0.05) is 22.1 Å². The molecule has 4 fully saturated rings. The first-order valence-corrected chi connectivity index (χ1v) is 25.5. The standard InChI is InChI=1S/C68H50N2/c1-3-18-44(19-4-1)50-24-9-10-25-51(50)62-41-63(70-67(69-62)45-20-5-2-6-21-45)52-26-11-12-27-53(52)64-54-28-13-15-30-56(54)65(57-31-16-14-29-55(57)64)58-32-17-33-60-66(58)59-39-46-22-7-8-23-47(46)40-61(59)68(60)48-35-42-34-43(37-48)38-49(68)36-42/h1-33,39-43,48-49H,34-38H2. The molecule has 11 aromatic rings. The van der Waals surface area contributed by atoms with Gasteiger partial charge in [0.1, 0.15) is 0 Å². The number of nitrogens with zero attached hydrogens (tertiary/aromatic N) is 2. The lowest BCUT2D eigenvalue weighted by Crippen LogP contribution is -2.55.